The van der Waals surface area contributed by atoms with Crippen molar-refractivity contribution in [3.63, 3.8) is 0 Å². The van der Waals surface area contributed by atoms with E-state index in [1.54, 1.807) is 24.3 Å². The fourth-order valence-electron chi connectivity index (χ4n) is 2.56. The zero-order valence-electron chi connectivity index (χ0n) is 12.4. The van der Waals surface area contributed by atoms with Crippen molar-refractivity contribution in [2.45, 2.75) is 25.3 Å². The van der Waals surface area contributed by atoms with Crippen molar-refractivity contribution in [1.82, 2.24) is 5.32 Å². The highest BCUT2D eigenvalue weighted by molar-refractivity contribution is 6.22. The molecule has 0 aromatic heterocycles. The van der Waals surface area contributed by atoms with Crippen LogP contribution in [0, 0.1) is 5.92 Å². The highest BCUT2D eigenvalue weighted by Crippen LogP contribution is 2.29. The van der Waals surface area contributed by atoms with E-state index in [-0.39, 0.29) is 18.2 Å². The van der Waals surface area contributed by atoms with Crippen molar-refractivity contribution in [3.8, 4) is 0 Å². The summed E-state index contributed by atoms with van der Waals surface area (Å²) in [7, 11) is 1.31. The number of nitrogens with zero attached hydrogens (tertiary/aromatic N) is 1. The first-order valence-electron chi connectivity index (χ1n) is 7.38. The van der Waals surface area contributed by atoms with E-state index in [9.17, 15) is 14.4 Å². The number of carbonyl (C=O) groups excluding carboxylic acids is 3. The van der Waals surface area contributed by atoms with Gasteiger partial charge in [-0.1, -0.05) is 0 Å². The number of imide groups is 1. The molecule has 22 heavy (non-hydrogen) atoms. The summed E-state index contributed by atoms with van der Waals surface area (Å²) in [6.45, 7) is 0.790. The molecule has 1 aromatic carbocycles. The molecule has 1 aliphatic heterocycles. The lowest BCUT2D eigenvalue weighted by molar-refractivity contribution is -0.121. The van der Waals surface area contributed by atoms with E-state index in [4.69, 9.17) is 0 Å². The lowest BCUT2D eigenvalue weighted by Crippen LogP contribution is -2.39. The molecule has 0 bridgehead atoms. The SMILES string of the molecule is COC(=O)c1ccc(N2C(=O)CC(NCC3CC3)C2=O)cc1. The Morgan fingerprint density at radius 1 is 1.27 bits per heavy atom. The van der Waals surface area contributed by atoms with Crippen LogP contribution in [-0.4, -0.2) is 37.5 Å². The summed E-state index contributed by atoms with van der Waals surface area (Å²) in [5.74, 6) is -0.244. The first-order chi connectivity index (χ1) is 10.6. The summed E-state index contributed by atoms with van der Waals surface area (Å²) >= 11 is 0. The van der Waals surface area contributed by atoms with Gasteiger partial charge in [0.25, 0.3) is 5.91 Å². The predicted molar refractivity (Wildman–Crippen MR) is 79.4 cm³/mol. The van der Waals surface area contributed by atoms with E-state index >= 15 is 0 Å². The Morgan fingerprint density at radius 3 is 2.55 bits per heavy atom. The lowest BCUT2D eigenvalue weighted by atomic mass is 10.2. The smallest absolute Gasteiger partial charge is 0.337 e. The molecule has 3 rings (SSSR count). The summed E-state index contributed by atoms with van der Waals surface area (Å²) < 4.78 is 4.62. The number of benzene rings is 1. The molecular weight excluding hydrogens is 284 g/mol. The minimum absolute atomic E-state index is 0.185. The van der Waals surface area contributed by atoms with Gasteiger partial charge in [-0.25, -0.2) is 9.69 Å². The molecule has 2 fully saturated rings. The van der Waals surface area contributed by atoms with Crippen LogP contribution < -0.4 is 10.2 Å². The Morgan fingerprint density at radius 2 is 1.95 bits per heavy atom. The molecule has 6 nitrogen and oxygen atoms in total. The van der Waals surface area contributed by atoms with Gasteiger partial charge in [-0.2, -0.15) is 0 Å². The number of esters is 1. The number of anilines is 1. The van der Waals surface area contributed by atoms with Crippen LogP contribution in [0.3, 0.4) is 0 Å². The molecule has 1 atom stereocenters. The van der Waals surface area contributed by atoms with Crippen LogP contribution in [0.25, 0.3) is 0 Å². The largest absolute Gasteiger partial charge is 0.465 e. The van der Waals surface area contributed by atoms with Crippen LogP contribution in [0.2, 0.25) is 0 Å². The van der Waals surface area contributed by atoms with Gasteiger partial charge in [0, 0.05) is 0 Å². The normalized spacial score (nSPS) is 21.3. The van der Waals surface area contributed by atoms with Gasteiger partial charge in [-0.15, -0.1) is 0 Å². The number of hydrogen-bond donors (Lipinski definition) is 1. The Bertz CT molecular complexity index is 607. The van der Waals surface area contributed by atoms with E-state index in [1.165, 1.54) is 24.9 Å². The number of ether oxygens (including phenoxy) is 1. The van der Waals surface area contributed by atoms with Crippen molar-refractivity contribution < 1.29 is 19.1 Å². The molecule has 1 aromatic rings. The van der Waals surface area contributed by atoms with Gasteiger partial charge in [-0.3, -0.25) is 9.59 Å². The predicted octanol–water partition coefficient (Wildman–Crippen LogP) is 1.10. The average Bonchev–Trinajstić information content (AvgIpc) is 3.31. The second kappa shape index (κ2) is 5.88. The molecule has 0 radical (unpaired) electrons. The first kappa shape index (κ1) is 14.7. The molecule has 1 unspecified atom stereocenters. The van der Waals surface area contributed by atoms with Crippen molar-refractivity contribution in [2.24, 2.45) is 5.92 Å². The van der Waals surface area contributed by atoms with Gasteiger partial charge in [0.2, 0.25) is 5.91 Å². The quantitative estimate of drug-likeness (QED) is 0.651. The van der Waals surface area contributed by atoms with Crippen LogP contribution in [0.5, 0.6) is 0 Å². The van der Waals surface area contributed by atoms with Gasteiger partial charge >= 0.3 is 5.97 Å². The second-order valence-corrected chi connectivity index (χ2v) is 5.71. The van der Waals surface area contributed by atoms with Crippen molar-refractivity contribution in [1.29, 1.82) is 0 Å². The maximum Gasteiger partial charge on any atom is 0.337 e. The van der Waals surface area contributed by atoms with Crippen LogP contribution in [-0.2, 0) is 14.3 Å². The fraction of sp³-hybridized carbons (Fsp3) is 0.438. The number of hydrogen-bond acceptors (Lipinski definition) is 5. The molecule has 1 saturated carbocycles. The first-order valence-corrected chi connectivity index (χ1v) is 7.38. The van der Waals surface area contributed by atoms with Crippen LogP contribution in [0.15, 0.2) is 24.3 Å². The Hall–Kier alpha value is -2.21. The Labute approximate surface area is 128 Å². The fourth-order valence-corrected chi connectivity index (χ4v) is 2.56. The third-order valence-corrected chi connectivity index (χ3v) is 4.04. The van der Waals surface area contributed by atoms with Gasteiger partial charge < -0.3 is 10.1 Å². The molecule has 1 N–H and O–H groups in total. The number of methoxy groups -OCH3 is 1. The van der Waals surface area contributed by atoms with Gasteiger partial charge in [0.15, 0.2) is 0 Å². The third kappa shape index (κ3) is 2.87. The maximum absolute atomic E-state index is 12.4. The third-order valence-electron chi connectivity index (χ3n) is 4.04. The number of carbonyl (C=O) groups is 3. The zero-order chi connectivity index (χ0) is 15.7. The number of amides is 2. The molecule has 0 spiro atoms. The number of nitrogens with one attached hydrogen (secondary N) is 1. The number of rotatable bonds is 5. The van der Waals surface area contributed by atoms with E-state index < -0.39 is 12.0 Å². The molecule has 116 valence electrons. The highest BCUT2D eigenvalue weighted by Gasteiger charge is 2.40. The van der Waals surface area contributed by atoms with Crippen LogP contribution >= 0.6 is 0 Å². The minimum atomic E-state index is -0.449. The van der Waals surface area contributed by atoms with Crippen molar-refractivity contribution in [2.75, 3.05) is 18.6 Å². The van der Waals surface area contributed by atoms with E-state index in [0.29, 0.717) is 17.2 Å². The standard InChI is InChI=1S/C16H18N2O4/c1-22-16(21)11-4-6-12(7-5-11)18-14(19)8-13(15(18)20)17-9-10-2-3-10/h4-7,10,13,17H,2-3,8-9H2,1H3. The van der Waals surface area contributed by atoms with Crippen molar-refractivity contribution >= 4 is 23.5 Å². The maximum atomic E-state index is 12.4. The summed E-state index contributed by atoms with van der Waals surface area (Å²) in [6, 6.07) is 5.84. The summed E-state index contributed by atoms with van der Waals surface area (Å²) in [5, 5.41) is 3.18. The zero-order valence-corrected chi connectivity index (χ0v) is 12.4. The molecular formula is C16H18N2O4. The van der Waals surface area contributed by atoms with E-state index in [1.807, 2.05) is 0 Å². The topological polar surface area (TPSA) is 75.7 Å². The Kier molecular flexibility index (Phi) is 3.94. The molecule has 1 saturated heterocycles. The molecule has 6 heteroatoms. The second-order valence-electron chi connectivity index (χ2n) is 5.71. The summed E-state index contributed by atoms with van der Waals surface area (Å²) in [5.41, 5.74) is 0.868. The summed E-state index contributed by atoms with van der Waals surface area (Å²) in [6.07, 6.45) is 2.57. The summed E-state index contributed by atoms with van der Waals surface area (Å²) in [4.78, 5) is 37.1. The molecule has 2 amide bonds. The van der Waals surface area contributed by atoms with Gasteiger partial charge in [0.05, 0.1) is 30.8 Å². The minimum Gasteiger partial charge on any atom is -0.465 e. The van der Waals surface area contributed by atoms with E-state index in [2.05, 4.69) is 10.1 Å². The molecule has 1 aliphatic carbocycles. The van der Waals surface area contributed by atoms with Gasteiger partial charge in [0.1, 0.15) is 0 Å². The molecule has 1 heterocycles. The lowest BCUT2D eigenvalue weighted by Gasteiger charge is -2.15. The average molecular weight is 302 g/mol. The van der Waals surface area contributed by atoms with E-state index in [0.717, 1.165) is 6.54 Å². The monoisotopic (exact) mass is 302 g/mol. The van der Waals surface area contributed by atoms with Gasteiger partial charge in [-0.05, 0) is 49.6 Å². The van der Waals surface area contributed by atoms with Crippen LogP contribution in [0.1, 0.15) is 29.6 Å². The van der Waals surface area contributed by atoms with Crippen LogP contribution in [0.4, 0.5) is 5.69 Å². The van der Waals surface area contributed by atoms with Crippen molar-refractivity contribution in [3.05, 3.63) is 29.8 Å². The molecule has 2 aliphatic rings. The Balaban J connectivity index is 1.71. The highest BCUT2D eigenvalue weighted by atomic mass is 16.5.